The van der Waals surface area contributed by atoms with E-state index in [4.69, 9.17) is 10.5 Å². The Morgan fingerprint density at radius 2 is 1.93 bits per heavy atom. The highest BCUT2D eigenvalue weighted by Gasteiger charge is 2.23. The van der Waals surface area contributed by atoms with E-state index in [2.05, 4.69) is 46.4 Å². The summed E-state index contributed by atoms with van der Waals surface area (Å²) in [6.07, 6.45) is 7.19. The Morgan fingerprint density at radius 3 is 2.63 bits per heavy atom. The number of nitrogens with zero attached hydrogens (tertiary/aromatic N) is 2. The molecule has 160 valence electrons. The van der Waals surface area contributed by atoms with Crippen LogP contribution in [0.4, 0.5) is 11.4 Å². The van der Waals surface area contributed by atoms with E-state index in [0.29, 0.717) is 17.5 Å². The molecule has 1 aliphatic carbocycles. The fourth-order valence-corrected chi connectivity index (χ4v) is 4.50. The molecule has 2 aromatic rings. The molecule has 1 aromatic carbocycles. The van der Waals surface area contributed by atoms with E-state index in [9.17, 15) is 4.79 Å². The van der Waals surface area contributed by atoms with Crippen LogP contribution in [0, 0.1) is 5.92 Å². The number of rotatable bonds is 6. The maximum atomic E-state index is 11.9. The van der Waals surface area contributed by atoms with Crippen LogP contribution in [0.1, 0.15) is 54.2 Å². The van der Waals surface area contributed by atoms with Crippen LogP contribution in [0.15, 0.2) is 36.5 Å². The van der Waals surface area contributed by atoms with E-state index in [1.54, 1.807) is 6.20 Å². The molecule has 6 heteroatoms. The van der Waals surface area contributed by atoms with Crippen molar-refractivity contribution in [2.75, 3.05) is 36.5 Å². The lowest BCUT2D eigenvalue weighted by Gasteiger charge is -2.31. The maximum absolute atomic E-state index is 11.9. The highest BCUT2D eigenvalue weighted by atomic mass is 16.5. The number of nitrogens with one attached hydrogen (secondary N) is 1. The molecule has 2 heterocycles. The van der Waals surface area contributed by atoms with Gasteiger partial charge in [-0.05, 0) is 42.5 Å². The van der Waals surface area contributed by atoms with Gasteiger partial charge in [0.05, 0.1) is 24.5 Å². The van der Waals surface area contributed by atoms with E-state index in [-0.39, 0.29) is 0 Å². The Morgan fingerprint density at radius 1 is 1.20 bits per heavy atom. The monoisotopic (exact) mass is 408 g/mol. The number of pyridine rings is 1. The number of carbonyl (C=O) groups is 1. The molecule has 0 radical (unpaired) electrons. The lowest BCUT2D eigenvalue weighted by molar-refractivity contribution is 0.100. The topological polar surface area (TPSA) is 80.5 Å². The summed E-state index contributed by atoms with van der Waals surface area (Å²) in [7, 11) is 0. The lowest BCUT2D eigenvalue weighted by atomic mass is 9.85. The van der Waals surface area contributed by atoms with Gasteiger partial charge in [0.2, 0.25) is 0 Å². The highest BCUT2D eigenvalue weighted by Crippen LogP contribution is 2.28. The van der Waals surface area contributed by atoms with E-state index in [1.165, 1.54) is 30.5 Å². The summed E-state index contributed by atoms with van der Waals surface area (Å²) in [5.74, 6) is 0.152. The standard InChI is InChI=1S/C24H32N4O2/c1-17-4-2-3-5-22(17)27-23-15-19(26-16-21(23)24(25)29)14-18-6-8-20(9-7-18)28-10-12-30-13-11-28/h6-9,15-17,22H,2-5,10-14H2,1H3,(H2,25,29)(H,26,27)/t17-,22+/m1/s1. The third-order valence-electron chi connectivity index (χ3n) is 6.38. The number of aromatic nitrogens is 1. The van der Waals surface area contributed by atoms with Crippen LogP contribution in [0.2, 0.25) is 0 Å². The third kappa shape index (κ3) is 4.93. The lowest BCUT2D eigenvalue weighted by Crippen LogP contribution is -2.36. The Hall–Kier alpha value is -2.60. The van der Waals surface area contributed by atoms with Crippen LogP contribution >= 0.6 is 0 Å². The van der Waals surface area contributed by atoms with Crippen molar-refractivity contribution in [3.05, 3.63) is 53.3 Å². The molecule has 1 amide bonds. The summed E-state index contributed by atoms with van der Waals surface area (Å²) >= 11 is 0. The maximum Gasteiger partial charge on any atom is 0.252 e. The van der Waals surface area contributed by atoms with E-state index in [1.807, 2.05) is 6.07 Å². The van der Waals surface area contributed by atoms with Gasteiger partial charge in [0, 0.05) is 43.1 Å². The van der Waals surface area contributed by atoms with Gasteiger partial charge in [-0.3, -0.25) is 9.78 Å². The number of nitrogens with two attached hydrogens (primary N) is 1. The fourth-order valence-electron chi connectivity index (χ4n) is 4.50. The summed E-state index contributed by atoms with van der Waals surface area (Å²) in [6, 6.07) is 11.0. The smallest absolute Gasteiger partial charge is 0.252 e. The Balaban J connectivity index is 1.49. The second-order valence-corrected chi connectivity index (χ2v) is 8.54. The van der Waals surface area contributed by atoms with Crippen LogP contribution in [0.3, 0.4) is 0 Å². The number of carbonyl (C=O) groups excluding carboxylic acids is 1. The van der Waals surface area contributed by atoms with E-state index >= 15 is 0 Å². The Kier molecular flexibility index (Phi) is 6.53. The number of morpholine rings is 1. The average molecular weight is 409 g/mol. The molecule has 1 aliphatic heterocycles. The van der Waals surface area contributed by atoms with Crippen molar-refractivity contribution in [3.63, 3.8) is 0 Å². The van der Waals surface area contributed by atoms with Crippen molar-refractivity contribution < 1.29 is 9.53 Å². The minimum Gasteiger partial charge on any atom is -0.381 e. The van der Waals surface area contributed by atoms with Crippen LogP contribution in [0.25, 0.3) is 0 Å². The van der Waals surface area contributed by atoms with Gasteiger partial charge < -0.3 is 20.7 Å². The molecule has 0 bridgehead atoms. The van der Waals surface area contributed by atoms with Crippen molar-refractivity contribution in [3.8, 4) is 0 Å². The first-order chi connectivity index (χ1) is 14.6. The van der Waals surface area contributed by atoms with Crippen molar-refractivity contribution in [2.24, 2.45) is 11.7 Å². The van der Waals surface area contributed by atoms with E-state index in [0.717, 1.165) is 50.5 Å². The van der Waals surface area contributed by atoms with Crippen molar-refractivity contribution >= 4 is 17.3 Å². The highest BCUT2D eigenvalue weighted by molar-refractivity contribution is 5.98. The third-order valence-corrected chi connectivity index (χ3v) is 6.38. The van der Waals surface area contributed by atoms with Gasteiger partial charge in [-0.25, -0.2) is 0 Å². The molecule has 3 N–H and O–H groups in total. The van der Waals surface area contributed by atoms with Crippen molar-refractivity contribution in [1.82, 2.24) is 4.98 Å². The van der Waals surface area contributed by atoms with Crippen LogP contribution < -0.4 is 16.0 Å². The summed E-state index contributed by atoms with van der Waals surface area (Å²) in [6.45, 7) is 5.72. The minimum absolute atomic E-state index is 0.375. The number of amides is 1. The molecular weight excluding hydrogens is 376 g/mol. The molecule has 4 rings (SSSR count). The molecule has 2 aliphatic rings. The van der Waals surface area contributed by atoms with Crippen LogP contribution in [-0.2, 0) is 11.2 Å². The number of hydrogen-bond donors (Lipinski definition) is 2. The van der Waals surface area contributed by atoms with Gasteiger partial charge in [0.1, 0.15) is 0 Å². The molecule has 1 saturated heterocycles. The quantitative estimate of drug-likeness (QED) is 0.763. The normalized spacial score (nSPS) is 22.0. The second kappa shape index (κ2) is 9.47. The molecule has 6 nitrogen and oxygen atoms in total. The first-order valence-corrected chi connectivity index (χ1v) is 11.1. The van der Waals surface area contributed by atoms with Gasteiger partial charge in [-0.1, -0.05) is 31.9 Å². The molecule has 30 heavy (non-hydrogen) atoms. The molecule has 1 saturated carbocycles. The van der Waals surface area contributed by atoms with Gasteiger partial charge in [0.25, 0.3) is 5.91 Å². The molecular formula is C24H32N4O2. The minimum atomic E-state index is -0.435. The summed E-state index contributed by atoms with van der Waals surface area (Å²) in [4.78, 5) is 18.8. The molecule has 0 unspecified atom stereocenters. The SMILES string of the molecule is C[C@@H]1CCCC[C@@H]1Nc1cc(Cc2ccc(N3CCOCC3)cc2)ncc1C(N)=O. The van der Waals surface area contributed by atoms with E-state index < -0.39 is 5.91 Å². The Bertz CT molecular complexity index is 862. The zero-order chi connectivity index (χ0) is 20.9. The summed E-state index contributed by atoms with van der Waals surface area (Å²) < 4.78 is 5.43. The zero-order valence-corrected chi connectivity index (χ0v) is 17.8. The predicted molar refractivity (Wildman–Crippen MR) is 120 cm³/mol. The second-order valence-electron chi connectivity index (χ2n) is 8.54. The zero-order valence-electron chi connectivity index (χ0n) is 17.8. The van der Waals surface area contributed by atoms with Crippen molar-refractivity contribution in [1.29, 1.82) is 0 Å². The van der Waals surface area contributed by atoms with Crippen molar-refractivity contribution in [2.45, 2.75) is 45.1 Å². The summed E-state index contributed by atoms with van der Waals surface area (Å²) in [5, 5.41) is 3.60. The van der Waals surface area contributed by atoms with Crippen LogP contribution in [0.5, 0.6) is 0 Å². The van der Waals surface area contributed by atoms with Gasteiger partial charge in [0.15, 0.2) is 0 Å². The molecule has 1 aromatic heterocycles. The molecule has 2 atom stereocenters. The number of ether oxygens (including phenoxy) is 1. The number of hydrogen-bond acceptors (Lipinski definition) is 5. The summed E-state index contributed by atoms with van der Waals surface area (Å²) in [5.41, 5.74) is 10.3. The van der Waals surface area contributed by atoms with Gasteiger partial charge >= 0.3 is 0 Å². The Labute approximate surface area is 178 Å². The molecule has 2 fully saturated rings. The first kappa shape index (κ1) is 20.7. The molecule has 0 spiro atoms. The fraction of sp³-hybridized carbons (Fsp3) is 0.500. The average Bonchev–Trinajstić information content (AvgIpc) is 2.76. The van der Waals surface area contributed by atoms with Crippen LogP contribution in [-0.4, -0.2) is 43.2 Å². The largest absolute Gasteiger partial charge is 0.381 e. The number of anilines is 2. The number of primary amides is 1. The van der Waals surface area contributed by atoms with Gasteiger partial charge in [-0.15, -0.1) is 0 Å². The predicted octanol–water partition coefficient (Wildman–Crippen LogP) is 3.60. The first-order valence-electron chi connectivity index (χ1n) is 11.1. The van der Waals surface area contributed by atoms with Gasteiger partial charge in [-0.2, -0.15) is 0 Å². The number of benzene rings is 1.